The topological polar surface area (TPSA) is 68.7 Å². The quantitative estimate of drug-likeness (QED) is 0.904. The minimum Gasteiger partial charge on any atom is -0.479 e. The summed E-state index contributed by atoms with van der Waals surface area (Å²) >= 11 is 0. The molecule has 1 unspecified atom stereocenters. The number of ether oxygens (including phenoxy) is 2. The minimum absolute atomic E-state index is 0.378. The smallest absolute Gasteiger partial charge is 0.417 e. The maximum atomic E-state index is 12.5. The predicted octanol–water partition coefficient (Wildman–Crippen LogP) is 3.74. The summed E-state index contributed by atoms with van der Waals surface area (Å²) in [6.07, 6.45) is -5.53. The Morgan fingerprint density at radius 2 is 1.87 bits per heavy atom. The standard InChI is InChI=1S/C15H12F3NO4/c1-9(14(20)21)22-11-3-5-12(6-4-11)23-13-7-2-10(8-19-13)15(16,17)18/h2-9H,1H3,(H,20,21)/i3D,4D,5D,6D. The van der Waals surface area contributed by atoms with E-state index >= 15 is 0 Å². The summed E-state index contributed by atoms with van der Waals surface area (Å²) in [6.45, 7) is 1.14. The second kappa shape index (κ2) is 6.55. The molecule has 122 valence electrons. The molecule has 0 aliphatic heterocycles. The second-order valence-corrected chi connectivity index (χ2v) is 4.24. The van der Waals surface area contributed by atoms with E-state index in [0.717, 1.165) is 13.0 Å². The van der Waals surface area contributed by atoms with E-state index in [1.54, 1.807) is 0 Å². The lowest BCUT2D eigenvalue weighted by Crippen LogP contribution is -2.22. The summed E-state index contributed by atoms with van der Waals surface area (Å²) in [6, 6.07) is -1.26. The van der Waals surface area contributed by atoms with Crippen LogP contribution in [-0.2, 0) is 11.0 Å². The lowest BCUT2D eigenvalue weighted by Gasteiger charge is -2.11. The Balaban J connectivity index is 2.40. The van der Waals surface area contributed by atoms with E-state index < -0.39 is 59.5 Å². The van der Waals surface area contributed by atoms with Crippen molar-refractivity contribution in [3.8, 4) is 17.4 Å². The molecule has 1 aromatic carbocycles. The van der Waals surface area contributed by atoms with Gasteiger partial charge in [0.15, 0.2) is 6.10 Å². The van der Waals surface area contributed by atoms with E-state index in [9.17, 15) is 18.0 Å². The molecule has 8 heteroatoms. The zero-order valence-corrected chi connectivity index (χ0v) is 11.6. The largest absolute Gasteiger partial charge is 0.479 e. The molecular formula is C15H12F3NO4. The third-order valence-electron chi connectivity index (χ3n) is 2.49. The van der Waals surface area contributed by atoms with Gasteiger partial charge >= 0.3 is 12.1 Å². The summed E-state index contributed by atoms with van der Waals surface area (Å²) in [4.78, 5) is 14.3. The third-order valence-corrected chi connectivity index (χ3v) is 2.49. The van der Waals surface area contributed by atoms with Crippen molar-refractivity contribution in [1.29, 1.82) is 0 Å². The molecule has 0 radical (unpaired) electrons. The minimum atomic E-state index is -4.60. The van der Waals surface area contributed by atoms with Crippen molar-refractivity contribution < 1.29 is 38.0 Å². The average molecular weight is 331 g/mol. The fraction of sp³-hybridized carbons (Fsp3) is 0.200. The highest BCUT2D eigenvalue weighted by molar-refractivity contribution is 5.72. The highest BCUT2D eigenvalue weighted by atomic mass is 19.4. The molecular weight excluding hydrogens is 315 g/mol. The molecule has 1 aromatic heterocycles. The number of hydrogen-bond acceptors (Lipinski definition) is 4. The van der Waals surface area contributed by atoms with Gasteiger partial charge in [-0.15, -0.1) is 0 Å². The van der Waals surface area contributed by atoms with Gasteiger partial charge in [0.05, 0.1) is 11.0 Å². The van der Waals surface area contributed by atoms with Gasteiger partial charge in [0.2, 0.25) is 5.88 Å². The van der Waals surface area contributed by atoms with Crippen LogP contribution in [0.3, 0.4) is 0 Å². The summed E-state index contributed by atoms with van der Waals surface area (Å²) in [5.41, 5.74) is -1.03. The van der Waals surface area contributed by atoms with Crippen molar-refractivity contribution in [2.45, 2.75) is 19.2 Å². The highest BCUT2D eigenvalue weighted by Crippen LogP contribution is 2.30. The first-order chi connectivity index (χ1) is 12.4. The molecule has 1 heterocycles. The number of rotatable bonds is 5. The van der Waals surface area contributed by atoms with E-state index in [1.807, 2.05) is 0 Å². The first-order valence-corrected chi connectivity index (χ1v) is 6.14. The number of aliphatic carboxylic acids is 1. The number of halogens is 3. The number of nitrogens with zero attached hydrogens (tertiary/aromatic N) is 1. The van der Waals surface area contributed by atoms with E-state index in [2.05, 4.69) is 4.98 Å². The number of carbonyl (C=O) groups is 1. The van der Waals surface area contributed by atoms with Gasteiger partial charge in [-0.1, -0.05) is 0 Å². The number of carboxylic acid groups (broad SMARTS) is 1. The molecule has 23 heavy (non-hydrogen) atoms. The van der Waals surface area contributed by atoms with Gasteiger partial charge in [-0.25, -0.2) is 9.78 Å². The Morgan fingerprint density at radius 3 is 2.35 bits per heavy atom. The van der Waals surface area contributed by atoms with Gasteiger partial charge in [0.25, 0.3) is 0 Å². The molecule has 2 aromatic rings. The lowest BCUT2D eigenvalue weighted by molar-refractivity contribution is -0.144. The SMILES string of the molecule is [2H]c1c([2H])c(OC(C)C(=O)O)c([2H])c([2H])c1Oc1ccc(C(F)(F)F)cn1. The molecule has 1 N–H and O–H groups in total. The Bertz CT molecular complexity index is 846. The molecule has 1 atom stereocenters. The van der Waals surface area contributed by atoms with Crippen LogP contribution < -0.4 is 9.47 Å². The van der Waals surface area contributed by atoms with Crippen molar-refractivity contribution in [1.82, 2.24) is 4.98 Å². The maximum Gasteiger partial charge on any atom is 0.417 e. The number of benzene rings is 1. The van der Waals surface area contributed by atoms with Crippen LogP contribution in [0.25, 0.3) is 0 Å². The van der Waals surface area contributed by atoms with E-state index in [4.69, 9.17) is 20.1 Å². The van der Waals surface area contributed by atoms with E-state index in [0.29, 0.717) is 12.3 Å². The van der Waals surface area contributed by atoms with Gasteiger partial charge in [-0.3, -0.25) is 0 Å². The maximum absolute atomic E-state index is 12.5. The van der Waals surface area contributed by atoms with Crippen molar-refractivity contribution in [3.63, 3.8) is 0 Å². The Hall–Kier alpha value is -2.77. The second-order valence-electron chi connectivity index (χ2n) is 4.24. The predicted molar refractivity (Wildman–Crippen MR) is 73.5 cm³/mol. The number of alkyl halides is 3. The normalized spacial score (nSPS) is 15.0. The molecule has 0 aliphatic carbocycles. The molecule has 0 saturated carbocycles. The fourth-order valence-electron chi connectivity index (χ4n) is 1.34. The number of hydrogen-bond donors (Lipinski definition) is 1. The van der Waals surface area contributed by atoms with Gasteiger partial charge in [-0.05, 0) is 37.2 Å². The summed E-state index contributed by atoms with van der Waals surface area (Å²) < 4.78 is 79.1. The molecule has 5 nitrogen and oxygen atoms in total. The van der Waals surface area contributed by atoms with E-state index in [1.165, 1.54) is 0 Å². The van der Waals surface area contributed by atoms with Crippen LogP contribution >= 0.6 is 0 Å². The molecule has 0 saturated heterocycles. The Kier molecular flexibility index (Phi) is 3.35. The van der Waals surface area contributed by atoms with E-state index in [-0.39, 0.29) is 5.88 Å². The van der Waals surface area contributed by atoms with Gasteiger partial charge in [0, 0.05) is 12.3 Å². The molecule has 0 amide bonds. The van der Waals surface area contributed by atoms with Crippen LogP contribution in [-0.4, -0.2) is 22.2 Å². The van der Waals surface area contributed by atoms with Crippen molar-refractivity contribution in [2.75, 3.05) is 0 Å². The van der Waals surface area contributed by atoms with Crippen molar-refractivity contribution in [3.05, 3.63) is 48.1 Å². The zero-order chi connectivity index (χ0) is 20.5. The average Bonchev–Trinajstić information content (AvgIpc) is 2.60. The number of aromatic nitrogens is 1. The monoisotopic (exact) mass is 331 g/mol. The van der Waals surface area contributed by atoms with Crippen LogP contribution in [0.1, 0.15) is 18.0 Å². The van der Waals surface area contributed by atoms with Crippen LogP contribution in [0.4, 0.5) is 13.2 Å². The van der Waals surface area contributed by atoms with Crippen molar-refractivity contribution in [2.24, 2.45) is 0 Å². The molecule has 0 fully saturated rings. The summed E-state index contributed by atoms with van der Waals surface area (Å²) in [7, 11) is 0. The molecule has 0 spiro atoms. The molecule has 2 rings (SSSR count). The lowest BCUT2D eigenvalue weighted by atomic mass is 10.3. The first kappa shape index (κ1) is 11.8. The van der Waals surface area contributed by atoms with Crippen LogP contribution in [0.2, 0.25) is 0 Å². The van der Waals surface area contributed by atoms with Crippen LogP contribution in [0.15, 0.2) is 42.5 Å². The van der Waals surface area contributed by atoms with Crippen LogP contribution in [0, 0.1) is 0 Å². The Morgan fingerprint density at radius 1 is 1.26 bits per heavy atom. The van der Waals surface area contributed by atoms with Gasteiger partial charge in [0.1, 0.15) is 11.5 Å². The number of pyridine rings is 1. The van der Waals surface area contributed by atoms with Gasteiger partial charge < -0.3 is 14.6 Å². The Labute approximate surface area is 134 Å². The molecule has 0 aliphatic rings. The summed E-state index contributed by atoms with van der Waals surface area (Å²) in [5.74, 6) is -2.93. The zero-order valence-electron chi connectivity index (χ0n) is 15.6. The molecule has 0 bridgehead atoms. The third kappa shape index (κ3) is 4.60. The van der Waals surface area contributed by atoms with Crippen molar-refractivity contribution >= 4 is 5.97 Å². The number of carboxylic acids is 1. The fourth-order valence-corrected chi connectivity index (χ4v) is 1.34. The summed E-state index contributed by atoms with van der Waals surface area (Å²) in [5, 5.41) is 8.84. The van der Waals surface area contributed by atoms with Crippen LogP contribution in [0.5, 0.6) is 17.4 Å². The first-order valence-electron chi connectivity index (χ1n) is 8.14. The van der Waals surface area contributed by atoms with Gasteiger partial charge in [-0.2, -0.15) is 13.2 Å². The highest BCUT2D eigenvalue weighted by Gasteiger charge is 2.30.